The zero-order chi connectivity index (χ0) is 12.1. The van der Waals surface area contributed by atoms with Crippen molar-refractivity contribution in [2.45, 2.75) is 20.4 Å². The Labute approximate surface area is 100 Å². The number of hydrogen-bond donors (Lipinski definition) is 2. The van der Waals surface area contributed by atoms with Crippen molar-refractivity contribution in [3.05, 3.63) is 35.7 Å². The number of aryl methyl sites for hydroxylation is 1. The van der Waals surface area contributed by atoms with E-state index in [1.165, 1.54) is 0 Å². The molecule has 2 aromatic heterocycles. The molecule has 0 atom stereocenters. The van der Waals surface area contributed by atoms with Gasteiger partial charge in [0.25, 0.3) is 0 Å². The number of H-pyrrole nitrogens is 1. The Hall–Kier alpha value is -1.88. The molecule has 5 nitrogen and oxygen atoms in total. The summed E-state index contributed by atoms with van der Waals surface area (Å²) >= 11 is 0. The van der Waals surface area contributed by atoms with Crippen LogP contribution in [-0.4, -0.2) is 21.7 Å². The summed E-state index contributed by atoms with van der Waals surface area (Å²) in [6, 6.07) is 7.54. The quantitative estimate of drug-likeness (QED) is 0.827. The average Bonchev–Trinajstić information content (AvgIpc) is 2.73. The van der Waals surface area contributed by atoms with Gasteiger partial charge in [0.15, 0.2) is 0 Å². The van der Waals surface area contributed by atoms with Crippen molar-refractivity contribution in [2.24, 2.45) is 0 Å². The second kappa shape index (κ2) is 5.45. The van der Waals surface area contributed by atoms with Crippen molar-refractivity contribution in [1.29, 1.82) is 0 Å². The Bertz CT molecular complexity index is 481. The minimum atomic E-state index is 0.538. The van der Waals surface area contributed by atoms with E-state index in [1.807, 2.05) is 31.2 Å². The van der Waals surface area contributed by atoms with Gasteiger partial charge < -0.3 is 10.1 Å². The van der Waals surface area contributed by atoms with Crippen LogP contribution < -0.4 is 10.1 Å². The first-order valence-corrected chi connectivity index (χ1v) is 5.64. The molecule has 90 valence electrons. The van der Waals surface area contributed by atoms with Crippen molar-refractivity contribution in [1.82, 2.24) is 20.5 Å². The molecule has 2 heterocycles. The van der Waals surface area contributed by atoms with Crippen LogP contribution >= 0.6 is 0 Å². The van der Waals surface area contributed by atoms with Crippen molar-refractivity contribution in [3.8, 4) is 11.8 Å². The third kappa shape index (κ3) is 3.29. The van der Waals surface area contributed by atoms with E-state index in [2.05, 4.69) is 27.4 Å². The molecule has 2 aromatic rings. The van der Waals surface area contributed by atoms with Crippen LogP contribution in [0.2, 0.25) is 0 Å². The normalized spacial score (nSPS) is 10.5. The summed E-state index contributed by atoms with van der Waals surface area (Å²) < 4.78 is 5.54. The monoisotopic (exact) mass is 232 g/mol. The molecule has 0 unspecified atom stereocenters. The highest BCUT2D eigenvalue weighted by molar-refractivity contribution is 5.22. The lowest BCUT2D eigenvalue weighted by molar-refractivity contribution is 0.440. The number of ether oxygens (including phenoxy) is 1. The van der Waals surface area contributed by atoms with Crippen LogP contribution in [0, 0.1) is 6.92 Å². The summed E-state index contributed by atoms with van der Waals surface area (Å²) in [5.41, 5.74) is 1.92. The molecule has 0 spiro atoms. The molecule has 5 heteroatoms. The van der Waals surface area contributed by atoms with Crippen molar-refractivity contribution in [2.75, 3.05) is 6.54 Å². The number of rotatable bonds is 5. The zero-order valence-corrected chi connectivity index (χ0v) is 10.0. The van der Waals surface area contributed by atoms with Crippen LogP contribution in [-0.2, 0) is 6.54 Å². The van der Waals surface area contributed by atoms with Crippen LogP contribution in [0.5, 0.6) is 11.8 Å². The van der Waals surface area contributed by atoms with Crippen molar-refractivity contribution < 1.29 is 4.74 Å². The molecule has 2 rings (SSSR count). The average molecular weight is 232 g/mol. The van der Waals surface area contributed by atoms with E-state index in [0.29, 0.717) is 11.8 Å². The molecule has 0 aromatic carbocycles. The molecule has 0 aliphatic rings. The van der Waals surface area contributed by atoms with Gasteiger partial charge in [0.1, 0.15) is 0 Å². The minimum absolute atomic E-state index is 0.538. The van der Waals surface area contributed by atoms with Crippen molar-refractivity contribution in [3.63, 3.8) is 0 Å². The second-order valence-electron chi connectivity index (χ2n) is 3.74. The Morgan fingerprint density at radius 2 is 2.24 bits per heavy atom. The number of nitrogens with one attached hydrogen (secondary N) is 2. The molecule has 0 aliphatic heterocycles. The fourth-order valence-electron chi connectivity index (χ4n) is 1.42. The maximum Gasteiger partial charge on any atom is 0.240 e. The first kappa shape index (κ1) is 11.6. The van der Waals surface area contributed by atoms with Gasteiger partial charge in [0, 0.05) is 24.4 Å². The second-order valence-corrected chi connectivity index (χ2v) is 3.74. The maximum atomic E-state index is 5.54. The Morgan fingerprint density at radius 3 is 2.94 bits per heavy atom. The van der Waals surface area contributed by atoms with Crippen LogP contribution in [0.15, 0.2) is 24.3 Å². The molecule has 0 fully saturated rings. The maximum absolute atomic E-state index is 5.54. The first-order chi connectivity index (χ1) is 8.28. The number of aromatic nitrogens is 3. The molecule has 2 N–H and O–H groups in total. The van der Waals surface area contributed by atoms with Crippen molar-refractivity contribution >= 4 is 0 Å². The molecular formula is C12H16N4O. The lowest BCUT2D eigenvalue weighted by Crippen LogP contribution is -2.12. The number of pyridine rings is 1. The molecule has 0 aliphatic carbocycles. The highest BCUT2D eigenvalue weighted by atomic mass is 16.5. The summed E-state index contributed by atoms with van der Waals surface area (Å²) in [5.74, 6) is 1.10. The molecule has 0 bridgehead atoms. The van der Waals surface area contributed by atoms with E-state index in [-0.39, 0.29) is 0 Å². The highest BCUT2D eigenvalue weighted by Gasteiger charge is 2.03. The predicted molar refractivity (Wildman–Crippen MR) is 65.0 cm³/mol. The van der Waals surface area contributed by atoms with E-state index in [9.17, 15) is 0 Å². The zero-order valence-electron chi connectivity index (χ0n) is 10.0. The summed E-state index contributed by atoms with van der Waals surface area (Å²) in [6.45, 7) is 5.65. The highest BCUT2D eigenvalue weighted by Crippen LogP contribution is 2.17. The van der Waals surface area contributed by atoms with E-state index < -0.39 is 0 Å². The predicted octanol–water partition coefficient (Wildman–Crippen LogP) is 2.01. The van der Waals surface area contributed by atoms with Crippen LogP contribution in [0.1, 0.15) is 18.3 Å². The van der Waals surface area contributed by atoms with E-state index in [0.717, 1.165) is 24.5 Å². The van der Waals surface area contributed by atoms with E-state index in [1.54, 1.807) is 0 Å². The molecule has 0 amide bonds. The Morgan fingerprint density at radius 1 is 1.35 bits per heavy atom. The molecular weight excluding hydrogens is 216 g/mol. The summed E-state index contributed by atoms with van der Waals surface area (Å²) in [5, 5.41) is 10.0. The molecule has 17 heavy (non-hydrogen) atoms. The molecule has 0 radical (unpaired) electrons. The third-order valence-corrected chi connectivity index (χ3v) is 2.23. The first-order valence-electron chi connectivity index (χ1n) is 5.64. The Kier molecular flexibility index (Phi) is 3.72. The van der Waals surface area contributed by atoms with Crippen LogP contribution in [0.25, 0.3) is 0 Å². The van der Waals surface area contributed by atoms with Gasteiger partial charge in [-0.2, -0.15) is 0 Å². The van der Waals surface area contributed by atoms with Gasteiger partial charge in [-0.05, 0) is 19.5 Å². The van der Waals surface area contributed by atoms with Gasteiger partial charge in [0.05, 0.1) is 5.69 Å². The van der Waals surface area contributed by atoms with Gasteiger partial charge in [0.2, 0.25) is 11.8 Å². The van der Waals surface area contributed by atoms with E-state index in [4.69, 9.17) is 4.74 Å². The van der Waals surface area contributed by atoms with Gasteiger partial charge >= 0.3 is 0 Å². The lowest BCUT2D eigenvalue weighted by Gasteiger charge is -2.04. The van der Waals surface area contributed by atoms with Crippen LogP contribution in [0.3, 0.4) is 0 Å². The lowest BCUT2D eigenvalue weighted by atomic mass is 10.3. The number of aromatic amines is 1. The largest absolute Gasteiger partial charge is 0.419 e. The number of hydrogen-bond acceptors (Lipinski definition) is 4. The summed E-state index contributed by atoms with van der Waals surface area (Å²) in [4.78, 5) is 4.38. The van der Waals surface area contributed by atoms with Gasteiger partial charge in [-0.25, -0.2) is 4.98 Å². The third-order valence-electron chi connectivity index (χ3n) is 2.23. The van der Waals surface area contributed by atoms with Gasteiger partial charge in [-0.1, -0.05) is 13.0 Å². The number of nitrogens with zero attached hydrogens (tertiary/aromatic N) is 2. The minimum Gasteiger partial charge on any atom is -0.419 e. The Balaban J connectivity index is 2.05. The van der Waals surface area contributed by atoms with Gasteiger partial charge in [-0.3, -0.25) is 5.10 Å². The summed E-state index contributed by atoms with van der Waals surface area (Å²) in [6.07, 6.45) is 0. The molecule has 0 saturated heterocycles. The summed E-state index contributed by atoms with van der Waals surface area (Å²) in [7, 11) is 0. The smallest absolute Gasteiger partial charge is 0.240 e. The van der Waals surface area contributed by atoms with Gasteiger partial charge in [-0.15, -0.1) is 5.10 Å². The topological polar surface area (TPSA) is 62.8 Å². The standard InChI is InChI=1S/C12H16N4O/c1-3-13-8-10-5-4-6-11(14-10)17-12-7-9(2)15-16-12/h4-7,13H,3,8H2,1-2H3,(H,15,16). The fraction of sp³-hybridized carbons (Fsp3) is 0.333. The fourth-order valence-corrected chi connectivity index (χ4v) is 1.42. The van der Waals surface area contributed by atoms with E-state index >= 15 is 0 Å². The molecule has 0 saturated carbocycles. The SMILES string of the molecule is CCNCc1cccc(Oc2cc(C)[nH]n2)n1. The van der Waals surface area contributed by atoms with Crippen LogP contribution in [0.4, 0.5) is 0 Å².